The van der Waals surface area contributed by atoms with Crippen molar-refractivity contribution in [1.82, 2.24) is 0 Å². The molecule has 0 saturated carbocycles. The van der Waals surface area contributed by atoms with Crippen molar-refractivity contribution < 1.29 is 4.39 Å². The molecule has 0 aromatic heterocycles. The van der Waals surface area contributed by atoms with E-state index in [1.807, 2.05) is 18.2 Å². The third-order valence-corrected chi connectivity index (χ3v) is 2.28. The van der Waals surface area contributed by atoms with E-state index in [1.165, 1.54) is 12.3 Å². The lowest BCUT2D eigenvalue weighted by Gasteiger charge is -2.06. The highest BCUT2D eigenvalue weighted by atomic mass is 19.1. The van der Waals surface area contributed by atoms with Crippen LogP contribution >= 0.6 is 0 Å². The molecule has 0 bridgehead atoms. The van der Waals surface area contributed by atoms with Crippen LogP contribution in [0.25, 0.3) is 11.1 Å². The second-order valence-corrected chi connectivity index (χ2v) is 3.21. The van der Waals surface area contributed by atoms with Gasteiger partial charge in [-0.15, -0.1) is 0 Å². The largest absolute Gasteiger partial charge is 0.308 e. The van der Waals surface area contributed by atoms with E-state index in [0.29, 0.717) is 5.56 Å². The Balaban J connectivity index is 2.64. The van der Waals surface area contributed by atoms with Crippen LogP contribution in [0.1, 0.15) is 5.56 Å². The summed E-state index contributed by atoms with van der Waals surface area (Å²) < 4.78 is 13.5. The van der Waals surface area contributed by atoms with Gasteiger partial charge in [-0.25, -0.2) is 4.39 Å². The Morgan fingerprint density at radius 1 is 0.867 bits per heavy atom. The molecule has 0 fully saturated rings. The van der Waals surface area contributed by atoms with Crippen LogP contribution in [0, 0.1) is 11.2 Å². The molecule has 0 atom stereocenters. The predicted molar refractivity (Wildman–Crippen MR) is 59.7 cm³/mol. The van der Waals surface area contributed by atoms with Crippen LogP contribution in [-0.2, 0) is 0 Å². The Morgan fingerprint density at radius 3 is 2.13 bits per heavy atom. The van der Waals surface area contributed by atoms with Crippen molar-refractivity contribution in [1.29, 1.82) is 5.41 Å². The van der Waals surface area contributed by atoms with Crippen LogP contribution < -0.4 is 0 Å². The Bertz CT molecular complexity index is 491. The smallest absolute Gasteiger partial charge is 0.131 e. The summed E-state index contributed by atoms with van der Waals surface area (Å²) in [4.78, 5) is 0. The molecule has 2 rings (SSSR count). The molecule has 0 spiro atoms. The van der Waals surface area contributed by atoms with Crippen molar-refractivity contribution in [3.63, 3.8) is 0 Å². The van der Waals surface area contributed by atoms with Crippen LogP contribution in [0.2, 0.25) is 0 Å². The fraction of sp³-hybridized carbons (Fsp3) is 0. The molecule has 2 aromatic rings. The van der Waals surface area contributed by atoms with Crippen LogP contribution in [0.4, 0.5) is 4.39 Å². The van der Waals surface area contributed by atoms with Crippen molar-refractivity contribution in [2.45, 2.75) is 0 Å². The number of rotatable bonds is 2. The molecule has 0 aliphatic heterocycles. The average molecular weight is 199 g/mol. The molecule has 0 aliphatic rings. The van der Waals surface area contributed by atoms with Crippen molar-refractivity contribution in [3.05, 3.63) is 59.9 Å². The summed E-state index contributed by atoms with van der Waals surface area (Å²) in [5.41, 5.74) is 2.02. The third kappa shape index (κ3) is 1.79. The SMILES string of the molecule is N=Cc1ccccc1-c1ccccc1F. The zero-order chi connectivity index (χ0) is 10.7. The topological polar surface area (TPSA) is 23.9 Å². The summed E-state index contributed by atoms with van der Waals surface area (Å²) in [5.74, 6) is -0.258. The van der Waals surface area contributed by atoms with Gasteiger partial charge < -0.3 is 5.41 Å². The highest BCUT2D eigenvalue weighted by Gasteiger charge is 2.06. The van der Waals surface area contributed by atoms with Gasteiger partial charge in [-0.1, -0.05) is 42.5 Å². The molecule has 1 nitrogen and oxygen atoms in total. The Hall–Kier alpha value is -1.96. The van der Waals surface area contributed by atoms with Gasteiger partial charge in [0.2, 0.25) is 0 Å². The highest BCUT2D eigenvalue weighted by Crippen LogP contribution is 2.24. The van der Waals surface area contributed by atoms with Gasteiger partial charge in [-0.05, 0) is 17.2 Å². The summed E-state index contributed by atoms with van der Waals surface area (Å²) in [6.45, 7) is 0. The Labute approximate surface area is 87.7 Å². The molecule has 2 heteroatoms. The summed E-state index contributed by atoms with van der Waals surface area (Å²) in [6, 6.07) is 13.9. The van der Waals surface area contributed by atoms with Gasteiger partial charge in [0.1, 0.15) is 5.82 Å². The normalized spacial score (nSPS) is 9.93. The fourth-order valence-electron chi connectivity index (χ4n) is 1.55. The molecule has 2 aromatic carbocycles. The molecule has 0 aliphatic carbocycles. The van der Waals surface area contributed by atoms with Crippen molar-refractivity contribution >= 4 is 6.21 Å². The quantitative estimate of drug-likeness (QED) is 0.716. The van der Waals surface area contributed by atoms with E-state index in [2.05, 4.69) is 0 Å². The lowest BCUT2D eigenvalue weighted by Crippen LogP contribution is -1.89. The average Bonchev–Trinajstić information content (AvgIpc) is 2.30. The molecule has 0 heterocycles. The van der Waals surface area contributed by atoms with Crippen LogP contribution in [-0.4, -0.2) is 6.21 Å². The maximum absolute atomic E-state index is 13.5. The van der Waals surface area contributed by atoms with E-state index in [-0.39, 0.29) is 5.82 Å². The summed E-state index contributed by atoms with van der Waals surface area (Å²) in [6.07, 6.45) is 1.24. The van der Waals surface area contributed by atoms with Crippen LogP contribution in [0.3, 0.4) is 0 Å². The maximum Gasteiger partial charge on any atom is 0.131 e. The molecular weight excluding hydrogens is 189 g/mol. The first-order valence-corrected chi connectivity index (χ1v) is 4.67. The minimum atomic E-state index is -0.258. The predicted octanol–water partition coefficient (Wildman–Crippen LogP) is 3.49. The van der Waals surface area contributed by atoms with Gasteiger partial charge in [0.05, 0.1) is 0 Å². The molecule has 74 valence electrons. The fourth-order valence-corrected chi connectivity index (χ4v) is 1.55. The third-order valence-electron chi connectivity index (χ3n) is 2.28. The van der Waals surface area contributed by atoms with E-state index in [9.17, 15) is 4.39 Å². The van der Waals surface area contributed by atoms with Gasteiger partial charge in [0.25, 0.3) is 0 Å². The van der Waals surface area contributed by atoms with Gasteiger partial charge in [-0.2, -0.15) is 0 Å². The Morgan fingerprint density at radius 2 is 1.47 bits per heavy atom. The number of halogens is 1. The molecule has 15 heavy (non-hydrogen) atoms. The number of hydrogen-bond acceptors (Lipinski definition) is 1. The van der Waals surface area contributed by atoms with Gasteiger partial charge in [0.15, 0.2) is 0 Å². The van der Waals surface area contributed by atoms with E-state index in [4.69, 9.17) is 5.41 Å². The molecule has 0 amide bonds. The second-order valence-electron chi connectivity index (χ2n) is 3.21. The Kier molecular flexibility index (Phi) is 2.59. The van der Waals surface area contributed by atoms with Crippen LogP contribution in [0.5, 0.6) is 0 Å². The van der Waals surface area contributed by atoms with E-state index < -0.39 is 0 Å². The molecule has 1 N–H and O–H groups in total. The monoisotopic (exact) mass is 199 g/mol. The second kappa shape index (κ2) is 4.05. The summed E-state index contributed by atoms with van der Waals surface area (Å²) in [5, 5.41) is 7.26. The highest BCUT2D eigenvalue weighted by molar-refractivity contribution is 5.88. The molecule has 0 saturated heterocycles. The van der Waals surface area contributed by atoms with Crippen molar-refractivity contribution in [2.24, 2.45) is 0 Å². The number of hydrogen-bond donors (Lipinski definition) is 1. The number of benzene rings is 2. The lowest BCUT2D eigenvalue weighted by atomic mass is 10.00. The minimum absolute atomic E-state index is 0.258. The zero-order valence-electron chi connectivity index (χ0n) is 8.07. The summed E-state index contributed by atoms with van der Waals surface area (Å²) >= 11 is 0. The van der Waals surface area contributed by atoms with Crippen molar-refractivity contribution in [2.75, 3.05) is 0 Å². The van der Waals surface area contributed by atoms with Crippen LogP contribution in [0.15, 0.2) is 48.5 Å². The van der Waals surface area contributed by atoms with Gasteiger partial charge >= 0.3 is 0 Å². The first kappa shape index (κ1) is 9.59. The van der Waals surface area contributed by atoms with E-state index in [1.54, 1.807) is 24.3 Å². The standard InChI is InChI=1S/C13H10FN/c14-13-8-4-3-7-12(13)11-6-2-1-5-10(11)9-15/h1-9,15H. The zero-order valence-corrected chi connectivity index (χ0v) is 8.07. The lowest BCUT2D eigenvalue weighted by molar-refractivity contribution is 0.631. The maximum atomic E-state index is 13.5. The van der Waals surface area contributed by atoms with Crippen molar-refractivity contribution in [3.8, 4) is 11.1 Å². The van der Waals surface area contributed by atoms with Gasteiger partial charge in [-0.3, -0.25) is 0 Å². The van der Waals surface area contributed by atoms with E-state index >= 15 is 0 Å². The first-order chi connectivity index (χ1) is 7.33. The van der Waals surface area contributed by atoms with E-state index in [0.717, 1.165) is 11.1 Å². The molecular formula is C13H10FN. The minimum Gasteiger partial charge on any atom is -0.308 e. The molecule has 0 unspecified atom stereocenters. The number of nitrogens with one attached hydrogen (secondary N) is 1. The summed E-state index contributed by atoms with van der Waals surface area (Å²) in [7, 11) is 0. The first-order valence-electron chi connectivity index (χ1n) is 4.67. The van der Waals surface area contributed by atoms with Gasteiger partial charge in [0, 0.05) is 11.8 Å². The molecule has 0 radical (unpaired) electrons.